The van der Waals surface area contributed by atoms with Crippen LogP contribution in [0.2, 0.25) is 0 Å². The summed E-state index contributed by atoms with van der Waals surface area (Å²) in [6.07, 6.45) is 4.85. The summed E-state index contributed by atoms with van der Waals surface area (Å²) in [6.45, 7) is 7.63. The van der Waals surface area contributed by atoms with Crippen LogP contribution in [0.1, 0.15) is 11.3 Å². The predicted molar refractivity (Wildman–Crippen MR) is 95.4 cm³/mol. The summed E-state index contributed by atoms with van der Waals surface area (Å²) in [6, 6.07) is -0.812. The zero-order valence-corrected chi connectivity index (χ0v) is 16.1. The third kappa shape index (κ3) is 3.81. The first-order valence-electron chi connectivity index (χ1n) is 8.16. The zero-order chi connectivity index (χ0) is 18.4. The van der Waals surface area contributed by atoms with E-state index < -0.39 is 25.9 Å². The maximum atomic E-state index is 12.1. The van der Waals surface area contributed by atoms with Gasteiger partial charge in [0.2, 0.25) is 10.0 Å². The van der Waals surface area contributed by atoms with E-state index in [2.05, 4.69) is 16.6 Å². The average Bonchev–Trinajstić information content (AvgIpc) is 2.97. The van der Waals surface area contributed by atoms with Gasteiger partial charge in [0.05, 0.1) is 36.0 Å². The van der Waals surface area contributed by atoms with E-state index in [9.17, 15) is 16.8 Å². The first kappa shape index (κ1) is 18.6. The van der Waals surface area contributed by atoms with Gasteiger partial charge in [0.15, 0.2) is 9.84 Å². The largest absolute Gasteiger partial charge is 0.292 e. The highest BCUT2D eigenvalue weighted by Gasteiger charge is 2.49. The number of nitrogens with zero attached hydrogens (tertiary/aromatic N) is 4. The van der Waals surface area contributed by atoms with Crippen molar-refractivity contribution in [1.82, 2.24) is 19.0 Å². The third-order valence-corrected chi connectivity index (χ3v) is 7.91. The Balaban J connectivity index is 1.85. The summed E-state index contributed by atoms with van der Waals surface area (Å²) >= 11 is 0. The molecule has 0 aromatic carbocycles. The minimum Gasteiger partial charge on any atom is -0.292 e. The molecule has 140 valence electrons. The summed E-state index contributed by atoms with van der Waals surface area (Å²) in [4.78, 5) is 2.08. The van der Waals surface area contributed by atoms with Crippen LogP contribution in [-0.4, -0.2) is 78.8 Å². The Morgan fingerprint density at radius 3 is 2.64 bits per heavy atom. The highest BCUT2D eigenvalue weighted by Crippen LogP contribution is 2.30. The van der Waals surface area contributed by atoms with Crippen LogP contribution in [0.5, 0.6) is 0 Å². The van der Waals surface area contributed by atoms with E-state index in [-0.39, 0.29) is 17.5 Å². The second kappa shape index (κ2) is 6.49. The number of allylic oxidation sites excluding steroid dienone is 1. The van der Waals surface area contributed by atoms with Crippen LogP contribution in [0.4, 0.5) is 0 Å². The van der Waals surface area contributed by atoms with Gasteiger partial charge in [-0.1, -0.05) is 6.08 Å². The van der Waals surface area contributed by atoms with E-state index in [1.807, 2.05) is 13.1 Å². The van der Waals surface area contributed by atoms with Gasteiger partial charge in [0.1, 0.15) is 0 Å². The molecule has 3 heterocycles. The monoisotopic (exact) mass is 388 g/mol. The molecule has 0 bridgehead atoms. The van der Waals surface area contributed by atoms with Gasteiger partial charge in [-0.05, 0) is 6.92 Å². The Kier molecular flexibility index (Phi) is 4.82. The Morgan fingerprint density at radius 2 is 2.00 bits per heavy atom. The van der Waals surface area contributed by atoms with Gasteiger partial charge in [-0.2, -0.15) is 9.40 Å². The summed E-state index contributed by atoms with van der Waals surface area (Å²) in [5, 5.41) is 4.43. The molecule has 2 saturated heterocycles. The zero-order valence-electron chi connectivity index (χ0n) is 14.5. The van der Waals surface area contributed by atoms with Crippen LogP contribution in [0.25, 0.3) is 0 Å². The van der Waals surface area contributed by atoms with Crippen molar-refractivity contribution in [3.63, 3.8) is 0 Å². The molecule has 25 heavy (non-hydrogen) atoms. The van der Waals surface area contributed by atoms with Crippen molar-refractivity contribution < 1.29 is 16.8 Å². The molecular formula is C15H24N4O4S2. The highest BCUT2D eigenvalue weighted by atomic mass is 32.2. The fourth-order valence-electron chi connectivity index (χ4n) is 3.76. The molecule has 2 atom stereocenters. The molecule has 0 saturated carbocycles. The summed E-state index contributed by atoms with van der Waals surface area (Å²) in [5.74, 6) is -0.0977. The summed E-state index contributed by atoms with van der Waals surface area (Å²) < 4.78 is 51.5. The number of piperazine rings is 1. The van der Waals surface area contributed by atoms with Gasteiger partial charge in [-0.3, -0.25) is 9.58 Å². The number of aryl methyl sites for hydroxylation is 1. The SMILES string of the molecule is C=CCn1cc(CN2CCN(S(C)(=O)=O)[C@H]3CS(=O)(=O)C[C@H]32)c(C)n1. The molecule has 0 aliphatic carbocycles. The van der Waals surface area contributed by atoms with Gasteiger partial charge in [0, 0.05) is 37.4 Å². The molecule has 2 aliphatic heterocycles. The van der Waals surface area contributed by atoms with E-state index in [0.717, 1.165) is 17.5 Å². The van der Waals surface area contributed by atoms with Gasteiger partial charge >= 0.3 is 0 Å². The average molecular weight is 389 g/mol. The summed E-state index contributed by atoms with van der Waals surface area (Å²) in [5.41, 5.74) is 1.92. The lowest BCUT2D eigenvalue weighted by Gasteiger charge is -2.42. The Hall–Kier alpha value is -1.23. The Labute approximate surface area is 149 Å². The van der Waals surface area contributed by atoms with Gasteiger partial charge in [0.25, 0.3) is 0 Å². The van der Waals surface area contributed by atoms with E-state index in [1.165, 1.54) is 4.31 Å². The molecule has 1 aromatic rings. The molecule has 8 nitrogen and oxygen atoms in total. The van der Waals surface area contributed by atoms with Crippen molar-refractivity contribution in [3.05, 3.63) is 30.1 Å². The molecule has 0 unspecified atom stereocenters. The fourth-order valence-corrected chi connectivity index (χ4v) is 6.99. The standard InChI is InChI=1S/C15H24N4O4S2/c1-4-5-18-9-13(12(2)16-18)8-17-6-7-19(24(3,20)21)15-11-25(22,23)10-14(15)17/h4,9,14-15H,1,5-8,10-11H2,2-3H3/t14-,15+/m1/s1. The predicted octanol–water partition coefficient (Wildman–Crippen LogP) is -0.380. The van der Waals surface area contributed by atoms with Crippen molar-refractivity contribution in [3.8, 4) is 0 Å². The Bertz CT molecular complexity index is 875. The van der Waals surface area contributed by atoms with Crippen molar-refractivity contribution in [2.45, 2.75) is 32.1 Å². The topological polar surface area (TPSA) is 92.6 Å². The van der Waals surface area contributed by atoms with Crippen molar-refractivity contribution in [2.24, 2.45) is 0 Å². The molecule has 0 N–H and O–H groups in total. The third-order valence-electron chi connectivity index (χ3n) is 4.90. The van der Waals surface area contributed by atoms with Crippen LogP contribution >= 0.6 is 0 Å². The minimum atomic E-state index is -3.42. The fraction of sp³-hybridized carbons (Fsp3) is 0.667. The first-order valence-corrected chi connectivity index (χ1v) is 11.8. The minimum absolute atomic E-state index is 0.00350. The maximum absolute atomic E-state index is 12.1. The lowest BCUT2D eigenvalue weighted by atomic mass is 10.1. The quantitative estimate of drug-likeness (QED) is 0.639. The number of sulfone groups is 1. The molecule has 2 aliphatic rings. The molecule has 1 aromatic heterocycles. The van der Waals surface area contributed by atoms with E-state index in [4.69, 9.17) is 0 Å². The number of hydrogen-bond donors (Lipinski definition) is 0. The van der Waals surface area contributed by atoms with Crippen LogP contribution < -0.4 is 0 Å². The summed E-state index contributed by atoms with van der Waals surface area (Å²) in [7, 11) is -6.67. The molecule has 2 fully saturated rings. The van der Waals surface area contributed by atoms with Crippen molar-refractivity contribution >= 4 is 19.9 Å². The van der Waals surface area contributed by atoms with E-state index in [0.29, 0.717) is 26.2 Å². The molecule has 3 rings (SSSR count). The number of aromatic nitrogens is 2. The number of fused-ring (bicyclic) bond motifs is 1. The molecule has 0 radical (unpaired) electrons. The van der Waals surface area contributed by atoms with Crippen LogP contribution in [0, 0.1) is 6.92 Å². The molecular weight excluding hydrogens is 364 g/mol. The number of hydrogen-bond acceptors (Lipinski definition) is 6. The van der Waals surface area contributed by atoms with E-state index >= 15 is 0 Å². The van der Waals surface area contributed by atoms with E-state index in [1.54, 1.807) is 10.8 Å². The smallest absolute Gasteiger partial charge is 0.211 e. The normalized spacial score (nSPS) is 27.3. The maximum Gasteiger partial charge on any atom is 0.211 e. The Morgan fingerprint density at radius 1 is 1.32 bits per heavy atom. The lowest BCUT2D eigenvalue weighted by Crippen LogP contribution is -2.59. The van der Waals surface area contributed by atoms with Crippen LogP contribution in [0.3, 0.4) is 0 Å². The second-order valence-electron chi connectivity index (χ2n) is 6.81. The number of rotatable bonds is 5. The van der Waals surface area contributed by atoms with Gasteiger partial charge < -0.3 is 0 Å². The van der Waals surface area contributed by atoms with Crippen molar-refractivity contribution in [1.29, 1.82) is 0 Å². The molecule has 0 spiro atoms. The second-order valence-corrected chi connectivity index (χ2v) is 10.9. The van der Waals surface area contributed by atoms with Crippen LogP contribution in [0.15, 0.2) is 18.9 Å². The van der Waals surface area contributed by atoms with Gasteiger partial charge in [-0.15, -0.1) is 6.58 Å². The van der Waals surface area contributed by atoms with Gasteiger partial charge in [-0.25, -0.2) is 16.8 Å². The lowest BCUT2D eigenvalue weighted by molar-refractivity contribution is 0.0893. The first-order chi connectivity index (χ1) is 11.6. The molecule has 10 heteroatoms. The van der Waals surface area contributed by atoms with Crippen LogP contribution in [-0.2, 0) is 33.0 Å². The number of sulfonamides is 1. The highest BCUT2D eigenvalue weighted by molar-refractivity contribution is 7.92. The molecule has 0 amide bonds. The van der Waals surface area contributed by atoms with Crippen molar-refractivity contribution in [2.75, 3.05) is 30.9 Å².